The van der Waals surface area contributed by atoms with Crippen molar-refractivity contribution < 1.29 is 14.9 Å². The molecule has 2 N–H and O–H groups in total. The van der Waals surface area contributed by atoms with E-state index < -0.39 is 0 Å². The van der Waals surface area contributed by atoms with Gasteiger partial charge >= 0.3 is 0 Å². The van der Waals surface area contributed by atoms with Gasteiger partial charge in [-0.15, -0.1) is 0 Å². The molecule has 1 aliphatic carbocycles. The lowest BCUT2D eigenvalue weighted by Crippen LogP contribution is -2.45. The van der Waals surface area contributed by atoms with Crippen LogP contribution in [0, 0.1) is 11.3 Å². The molecule has 1 aliphatic heterocycles. The summed E-state index contributed by atoms with van der Waals surface area (Å²) in [5, 5.41) is 18.9. The minimum atomic E-state index is -0.0664. The number of nitrogens with zero attached hydrogens (tertiary/aromatic N) is 1. The van der Waals surface area contributed by atoms with E-state index in [1.54, 1.807) is 0 Å². The van der Waals surface area contributed by atoms with Gasteiger partial charge in [-0.05, 0) is 38.6 Å². The van der Waals surface area contributed by atoms with Crippen molar-refractivity contribution in [3.8, 4) is 0 Å². The molecule has 0 bridgehead atoms. The van der Waals surface area contributed by atoms with E-state index in [4.69, 9.17) is 4.74 Å². The SMILES string of the molecule is CN(CC1CC(O)C1)CC1(CO)CCOCC1. The zero-order valence-electron chi connectivity index (χ0n) is 10.8. The highest BCUT2D eigenvalue weighted by Gasteiger charge is 2.35. The molecule has 4 nitrogen and oxygen atoms in total. The van der Waals surface area contributed by atoms with Gasteiger partial charge in [-0.25, -0.2) is 0 Å². The van der Waals surface area contributed by atoms with Crippen molar-refractivity contribution in [2.24, 2.45) is 11.3 Å². The highest BCUT2D eigenvalue weighted by Crippen LogP contribution is 2.32. The monoisotopic (exact) mass is 243 g/mol. The predicted octanol–water partition coefficient (Wildman–Crippen LogP) is 0.478. The Labute approximate surface area is 104 Å². The largest absolute Gasteiger partial charge is 0.396 e. The first-order chi connectivity index (χ1) is 8.13. The van der Waals surface area contributed by atoms with Crippen LogP contribution >= 0.6 is 0 Å². The molecule has 0 aromatic carbocycles. The third-order valence-electron chi connectivity index (χ3n) is 4.27. The summed E-state index contributed by atoms with van der Waals surface area (Å²) in [5.74, 6) is 0.644. The summed E-state index contributed by atoms with van der Waals surface area (Å²) in [6.07, 6.45) is 3.74. The van der Waals surface area contributed by atoms with Gasteiger partial charge < -0.3 is 19.8 Å². The van der Waals surface area contributed by atoms with Gasteiger partial charge in [0.1, 0.15) is 0 Å². The fourth-order valence-corrected chi connectivity index (χ4v) is 3.10. The summed E-state index contributed by atoms with van der Waals surface area (Å²) >= 11 is 0. The van der Waals surface area contributed by atoms with Gasteiger partial charge in [-0.3, -0.25) is 0 Å². The van der Waals surface area contributed by atoms with E-state index in [0.29, 0.717) is 5.92 Å². The summed E-state index contributed by atoms with van der Waals surface area (Å²) in [7, 11) is 2.12. The maximum Gasteiger partial charge on any atom is 0.0546 e. The standard InChI is InChI=1S/C13H25NO3/c1-14(8-11-6-12(16)7-11)9-13(10-15)2-4-17-5-3-13/h11-12,15-16H,2-10H2,1H3. The van der Waals surface area contributed by atoms with Crippen LogP contribution in [0.3, 0.4) is 0 Å². The van der Waals surface area contributed by atoms with Crippen molar-refractivity contribution in [1.82, 2.24) is 4.90 Å². The van der Waals surface area contributed by atoms with Gasteiger partial charge in [0.25, 0.3) is 0 Å². The Balaban J connectivity index is 1.77. The van der Waals surface area contributed by atoms with Gasteiger partial charge in [-0.1, -0.05) is 0 Å². The van der Waals surface area contributed by atoms with E-state index in [0.717, 1.165) is 52.0 Å². The van der Waals surface area contributed by atoms with E-state index in [-0.39, 0.29) is 18.1 Å². The molecule has 2 fully saturated rings. The number of ether oxygens (including phenoxy) is 1. The van der Waals surface area contributed by atoms with Crippen LogP contribution in [0.15, 0.2) is 0 Å². The molecular weight excluding hydrogens is 218 g/mol. The average Bonchev–Trinajstić information content (AvgIpc) is 2.28. The van der Waals surface area contributed by atoms with Gasteiger partial charge in [0.15, 0.2) is 0 Å². The first kappa shape index (κ1) is 13.3. The molecule has 1 heterocycles. The maximum atomic E-state index is 9.62. The first-order valence-electron chi connectivity index (χ1n) is 6.69. The number of aliphatic hydroxyl groups excluding tert-OH is 2. The minimum Gasteiger partial charge on any atom is -0.396 e. The van der Waals surface area contributed by atoms with Crippen LogP contribution in [0.25, 0.3) is 0 Å². The summed E-state index contributed by atoms with van der Waals surface area (Å²) in [4.78, 5) is 2.32. The Morgan fingerprint density at radius 1 is 1.29 bits per heavy atom. The molecular formula is C13H25NO3. The van der Waals surface area contributed by atoms with Crippen molar-refractivity contribution in [1.29, 1.82) is 0 Å². The van der Waals surface area contributed by atoms with Crippen molar-refractivity contribution in [2.45, 2.75) is 31.8 Å². The second kappa shape index (κ2) is 5.65. The van der Waals surface area contributed by atoms with E-state index in [1.165, 1.54) is 0 Å². The molecule has 0 unspecified atom stereocenters. The second-order valence-electron chi connectivity index (χ2n) is 5.96. The molecule has 0 atom stereocenters. The van der Waals surface area contributed by atoms with Crippen molar-refractivity contribution in [3.63, 3.8) is 0 Å². The third-order valence-corrected chi connectivity index (χ3v) is 4.27. The zero-order valence-corrected chi connectivity index (χ0v) is 10.8. The topological polar surface area (TPSA) is 52.9 Å². The fourth-order valence-electron chi connectivity index (χ4n) is 3.10. The Hall–Kier alpha value is -0.160. The smallest absolute Gasteiger partial charge is 0.0546 e. The normalized spacial score (nSPS) is 32.5. The first-order valence-corrected chi connectivity index (χ1v) is 6.69. The van der Waals surface area contributed by atoms with Gasteiger partial charge in [0.05, 0.1) is 12.7 Å². The van der Waals surface area contributed by atoms with Crippen LogP contribution < -0.4 is 0 Å². The summed E-state index contributed by atoms with van der Waals surface area (Å²) in [5.41, 5.74) is 0.0371. The van der Waals surface area contributed by atoms with Gasteiger partial charge in [0.2, 0.25) is 0 Å². The molecule has 1 saturated heterocycles. The van der Waals surface area contributed by atoms with E-state index >= 15 is 0 Å². The Kier molecular flexibility index (Phi) is 4.42. The fraction of sp³-hybridized carbons (Fsp3) is 1.00. The van der Waals surface area contributed by atoms with Crippen LogP contribution in [-0.2, 0) is 4.74 Å². The molecule has 2 rings (SSSR count). The van der Waals surface area contributed by atoms with Crippen molar-refractivity contribution in [2.75, 3.05) is 40.0 Å². The van der Waals surface area contributed by atoms with E-state index in [2.05, 4.69) is 11.9 Å². The van der Waals surface area contributed by atoms with Gasteiger partial charge in [-0.2, -0.15) is 0 Å². The molecule has 0 amide bonds. The lowest BCUT2D eigenvalue weighted by molar-refractivity contribution is -0.0388. The minimum absolute atomic E-state index is 0.0371. The zero-order chi connectivity index (χ0) is 12.3. The predicted molar refractivity (Wildman–Crippen MR) is 65.8 cm³/mol. The van der Waals surface area contributed by atoms with Gasteiger partial charge in [0, 0.05) is 31.7 Å². The molecule has 4 heteroatoms. The molecule has 2 aliphatic rings. The average molecular weight is 243 g/mol. The second-order valence-corrected chi connectivity index (χ2v) is 5.96. The summed E-state index contributed by atoms with van der Waals surface area (Å²) < 4.78 is 5.37. The quantitative estimate of drug-likeness (QED) is 0.737. The van der Waals surface area contributed by atoms with E-state index in [1.807, 2.05) is 0 Å². The Morgan fingerprint density at radius 3 is 2.47 bits per heavy atom. The van der Waals surface area contributed by atoms with Crippen LogP contribution in [0.5, 0.6) is 0 Å². The number of aliphatic hydroxyl groups is 2. The van der Waals surface area contributed by atoms with Crippen LogP contribution in [0.2, 0.25) is 0 Å². The lowest BCUT2D eigenvalue weighted by Gasteiger charge is -2.41. The molecule has 100 valence electrons. The molecule has 0 aromatic rings. The highest BCUT2D eigenvalue weighted by molar-refractivity contribution is 4.86. The molecule has 0 spiro atoms. The molecule has 0 radical (unpaired) electrons. The van der Waals surface area contributed by atoms with Crippen molar-refractivity contribution >= 4 is 0 Å². The summed E-state index contributed by atoms with van der Waals surface area (Å²) in [6.45, 7) is 3.79. The Morgan fingerprint density at radius 2 is 1.94 bits per heavy atom. The van der Waals surface area contributed by atoms with Crippen LogP contribution in [-0.4, -0.2) is 61.2 Å². The maximum absolute atomic E-state index is 9.62. The van der Waals surface area contributed by atoms with Crippen molar-refractivity contribution in [3.05, 3.63) is 0 Å². The number of hydrogen-bond donors (Lipinski definition) is 2. The number of rotatable bonds is 5. The molecule has 0 aromatic heterocycles. The molecule has 17 heavy (non-hydrogen) atoms. The summed E-state index contributed by atoms with van der Waals surface area (Å²) in [6, 6.07) is 0. The highest BCUT2D eigenvalue weighted by atomic mass is 16.5. The van der Waals surface area contributed by atoms with Crippen LogP contribution in [0.4, 0.5) is 0 Å². The Bertz CT molecular complexity index is 235. The third kappa shape index (κ3) is 3.41. The van der Waals surface area contributed by atoms with E-state index in [9.17, 15) is 10.2 Å². The number of hydrogen-bond acceptors (Lipinski definition) is 4. The molecule has 1 saturated carbocycles. The van der Waals surface area contributed by atoms with Crippen LogP contribution in [0.1, 0.15) is 25.7 Å². The lowest BCUT2D eigenvalue weighted by atomic mass is 9.79.